The van der Waals surface area contributed by atoms with Gasteiger partial charge in [-0.05, 0) is 12.1 Å². The molecule has 1 saturated heterocycles. The summed E-state index contributed by atoms with van der Waals surface area (Å²) in [5.41, 5.74) is 0.521. The molecule has 1 aliphatic heterocycles. The molecule has 1 aromatic carbocycles. The van der Waals surface area contributed by atoms with Crippen molar-refractivity contribution in [2.24, 2.45) is 5.41 Å². The van der Waals surface area contributed by atoms with Crippen LogP contribution in [-0.2, 0) is 4.74 Å². The molecule has 0 aromatic heterocycles. The zero-order valence-electron chi connectivity index (χ0n) is 11.5. The third-order valence-electron chi connectivity index (χ3n) is 3.22. The average molecular weight is 265 g/mol. The molecular weight excluding hydrogens is 246 g/mol. The fourth-order valence-corrected chi connectivity index (χ4v) is 2.01. The molecule has 0 spiro atoms. The van der Waals surface area contributed by atoms with E-state index in [-0.39, 0.29) is 11.3 Å². The lowest BCUT2D eigenvalue weighted by Gasteiger charge is -2.38. The highest BCUT2D eigenvalue weighted by molar-refractivity contribution is 5.97. The van der Waals surface area contributed by atoms with Crippen LogP contribution < -0.4 is 14.8 Å². The quantitative estimate of drug-likeness (QED) is 0.876. The topological polar surface area (TPSA) is 56.8 Å². The van der Waals surface area contributed by atoms with E-state index in [0.717, 1.165) is 0 Å². The number of amides is 1. The van der Waals surface area contributed by atoms with Crippen molar-refractivity contribution in [3.05, 3.63) is 23.8 Å². The van der Waals surface area contributed by atoms with Crippen molar-refractivity contribution < 1.29 is 19.0 Å². The van der Waals surface area contributed by atoms with Crippen LogP contribution >= 0.6 is 0 Å². The van der Waals surface area contributed by atoms with E-state index in [4.69, 9.17) is 14.2 Å². The van der Waals surface area contributed by atoms with E-state index < -0.39 is 0 Å². The highest BCUT2D eigenvalue weighted by Gasteiger charge is 2.33. The number of ether oxygens (including phenoxy) is 3. The molecule has 1 amide bonds. The van der Waals surface area contributed by atoms with Gasteiger partial charge in [0.2, 0.25) is 0 Å². The summed E-state index contributed by atoms with van der Waals surface area (Å²) in [6, 6.07) is 5.25. The molecule has 0 atom stereocenters. The number of carbonyl (C=O) groups excluding carboxylic acids is 1. The third kappa shape index (κ3) is 2.81. The van der Waals surface area contributed by atoms with Gasteiger partial charge in [-0.1, -0.05) is 13.0 Å². The summed E-state index contributed by atoms with van der Waals surface area (Å²) < 4.78 is 15.6. The monoisotopic (exact) mass is 265 g/mol. The second-order valence-electron chi connectivity index (χ2n) is 5.03. The van der Waals surface area contributed by atoms with Gasteiger partial charge in [0.05, 0.1) is 33.0 Å². The Morgan fingerprint density at radius 2 is 2.11 bits per heavy atom. The fourth-order valence-electron chi connectivity index (χ4n) is 2.01. The van der Waals surface area contributed by atoms with E-state index >= 15 is 0 Å². The lowest BCUT2D eigenvalue weighted by molar-refractivity contribution is -0.0978. The molecule has 0 aliphatic carbocycles. The Balaban J connectivity index is 2.10. The summed E-state index contributed by atoms with van der Waals surface area (Å²) in [6.45, 7) is 4.04. The predicted octanol–water partition coefficient (Wildman–Crippen LogP) is 1.47. The van der Waals surface area contributed by atoms with Gasteiger partial charge in [-0.15, -0.1) is 0 Å². The molecule has 1 heterocycles. The van der Waals surface area contributed by atoms with Crippen molar-refractivity contribution in [2.45, 2.75) is 6.92 Å². The summed E-state index contributed by atoms with van der Waals surface area (Å²) in [4.78, 5) is 12.2. The summed E-state index contributed by atoms with van der Waals surface area (Å²) in [5, 5.41) is 2.91. The Bertz CT molecular complexity index is 469. The van der Waals surface area contributed by atoms with Crippen LogP contribution in [0.5, 0.6) is 11.5 Å². The van der Waals surface area contributed by atoms with Crippen molar-refractivity contribution in [1.29, 1.82) is 0 Å². The number of methoxy groups -OCH3 is 2. The van der Waals surface area contributed by atoms with E-state index in [0.29, 0.717) is 36.8 Å². The molecule has 1 N–H and O–H groups in total. The standard InChI is InChI=1S/C14H19NO4/c1-14(8-19-9-14)7-15-13(16)10-5-4-6-11(17-2)12(10)18-3/h4-6H,7-9H2,1-3H3,(H,15,16). The van der Waals surface area contributed by atoms with Gasteiger partial charge < -0.3 is 19.5 Å². The number of hydrogen-bond acceptors (Lipinski definition) is 4. The second-order valence-corrected chi connectivity index (χ2v) is 5.03. The van der Waals surface area contributed by atoms with Crippen molar-refractivity contribution in [2.75, 3.05) is 34.0 Å². The number of benzene rings is 1. The molecule has 19 heavy (non-hydrogen) atoms. The maximum Gasteiger partial charge on any atom is 0.255 e. The van der Waals surface area contributed by atoms with Crippen LogP contribution in [0.2, 0.25) is 0 Å². The third-order valence-corrected chi connectivity index (χ3v) is 3.22. The van der Waals surface area contributed by atoms with E-state index in [9.17, 15) is 4.79 Å². The summed E-state index contributed by atoms with van der Waals surface area (Å²) in [7, 11) is 3.07. The van der Waals surface area contributed by atoms with Crippen LogP contribution in [0.15, 0.2) is 18.2 Å². The maximum atomic E-state index is 12.2. The number of para-hydroxylation sites is 1. The van der Waals surface area contributed by atoms with Gasteiger partial charge in [0, 0.05) is 12.0 Å². The molecule has 1 aliphatic rings. The van der Waals surface area contributed by atoms with E-state index in [1.807, 2.05) is 0 Å². The zero-order chi connectivity index (χ0) is 13.9. The van der Waals surface area contributed by atoms with Crippen LogP contribution in [-0.4, -0.2) is 39.9 Å². The summed E-state index contributed by atoms with van der Waals surface area (Å²) in [6.07, 6.45) is 0. The minimum Gasteiger partial charge on any atom is -0.493 e. The Morgan fingerprint density at radius 3 is 2.63 bits per heavy atom. The van der Waals surface area contributed by atoms with E-state index in [1.54, 1.807) is 25.3 Å². The molecule has 0 unspecified atom stereocenters. The van der Waals surface area contributed by atoms with Gasteiger partial charge in [-0.2, -0.15) is 0 Å². The first-order chi connectivity index (χ1) is 9.09. The molecule has 5 heteroatoms. The zero-order valence-corrected chi connectivity index (χ0v) is 11.5. The molecule has 1 aromatic rings. The van der Waals surface area contributed by atoms with E-state index in [2.05, 4.69) is 12.2 Å². The first kappa shape index (κ1) is 13.7. The van der Waals surface area contributed by atoms with Gasteiger partial charge in [-0.3, -0.25) is 4.79 Å². The van der Waals surface area contributed by atoms with Gasteiger partial charge in [-0.25, -0.2) is 0 Å². The summed E-state index contributed by atoms with van der Waals surface area (Å²) in [5.74, 6) is 0.842. The predicted molar refractivity (Wildman–Crippen MR) is 70.8 cm³/mol. The Labute approximate surface area is 112 Å². The Morgan fingerprint density at radius 1 is 1.37 bits per heavy atom. The minimum absolute atomic E-state index is 0.0434. The number of nitrogens with one attached hydrogen (secondary N) is 1. The molecule has 0 bridgehead atoms. The van der Waals surface area contributed by atoms with Crippen molar-refractivity contribution in [3.8, 4) is 11.5 Å². The number of hydrogen-bond donors (Lipinski definition) is 1. The van der Waals surface area contributed by atoms with Crippen molar-refractivity contribution >= 4 is 5.91 Å². The second kappa shape index (κ2) is 5.48. The van der Waals surface area contributed by atoms with Gasteiger partial charge in [0.1, 0.15) is 0 Å². The smallest absolute Gasteiger partial charge is 0.255 e. The maximum absolute atomic E-state index is 12.2. The molecular formula is C14H19NO4. The Kier molecular flexibility index (Phi) is 3.95. The van der Waals surface area contributed by atoms with Crippen LogP contribution in [0.25, 0.3) is 0 Å². The van der Waals surface area contributed by atoms with Crippen LogP contribution in [0.3, 0.4) is 0 Å². The first-order valence-corrected chi connectivity index (χ1v) is 6.16. The van der Waals surface area contributed by atoms with Crippen LogP contribution in [0, 0.1) is 5.41 Å². The molecule has 5 nitrogen and oxygen atoms in total. The van der Waals surface area contributed by atoms with E-state index in [1.165, 1.54) is 7.11 Å². The highest BCUT2D eigenvalue weighted by Crippen LogP contribution is 2.31. The van der Waals surface area contributed by atoms with Crippen molar-refractivity contribution in [1.82, 2.24) is 5.32 Å². The van der Waals surface area contributed by atoms with Crippen LogP contribution in [0.1, 0.15) is 17.3 Å². The lowest BCUT2D eigenvalue weighted by Crippen LogP contribution is -2.48. The van der Waals surface area contributed by atoms with Crippen molar-refractivity contribution in [3.63, 3.8) is 0 Å². The first-order valence-electron chi connectivity index (χ1n) is 6.16. The fraction of sp³-hybridized carbons (Fsp3) is 0.500. The number of carbonyl (C=O) groups is 1. The number of rotatable bonds is 5. The average Bonchev–Trinajstić information content (AvgIpc) is 2.41. The molecule has 1 fully saturated rings. The molecule has 0 radical (unpaired) electrons. The van der Waals surface area contributed by atoms with Gasteiger partial charge in [0.15, 0.2) is 11.5 Å². The SMILES string of the molecule is COc1cccc(C(=O)NCC2(C)COC2)c1OC. The molecule has 0 saturated carbocycles. The lowest BCUT2D eigenvalue weighted by atomic mass is 9.88. The summed E-state index contributed by atoms with van der Waals surface area (Å²) >= 11 is 0. The molecule has 2 rings (SSSR count). The Hall–Kier alpha value is -1.75. The van der Waals surface area contributed by atoms with Gasteiger partial charge in [0.25, 0.3) is 5.91 Å². The largest absolute Gasteiger partial charge is 0.493 e. The minimum atomic E-state index is -0.163. The normalized spacial score (nSPS) is 16.4. The van der Waals surface area contributed by atoms with Gasteiger partial charge >= 0.3 is 0 Å². The van der Waals surface area contributed by atoms with Crippen LogP contribution in [0.4, 0.5) is 0 Å². The molecule has 104 valence electrons. The highest BCUT2D eigenvalue weighted by atomic mass is 16.5.